The van der Waals surface area contributed by atoms with Crippen molar-refractivity contribution in [1.82, 2.24) is 15.5 Å². The molecule has 0 radical (unpaired) electrons. The molecule has 2 N–H and O–H groups in total. The average Bonchev–Trinajstić information content (AvgIpc) is 3.25. The van der Waals surface area contributed by atoms with Crippen molar-refractivity contribution in [2.75, 3.05) is 0 Å². The molecule has 1 fully saturated rings. The Morgan fingerprint density at radius 1 is 1.12 bits per heavy atom. The van der Waals surface area contributed by atoms with Gasteiger partial charge in [-0.25, -0.2) is 0 Å². The van der Waals surface area contributed by atoms with Gasteiger partial charge in [-0.15, -0.1) is 11.8 Å². The second-order valence-corrected chi connectivity index (χ2v) is 11.6. The van der Waals surface area contributed by atoms with Gasteiger partial charge in [0.25, 0.3) is 5.91 Å². The molecule has 0 aromatic heterocycles. The number of nitrogens with zero attached hydrogens (tertiary/aromatic N) is 1. The molecular weight excluding hydrogens is 446 g/mol. The first-order valence-corrected chi connectivity index (χ1v) is 12.7. The lowest BCUT2D eigenvalue weighted by atomic mass is 9.95. The standard InChI is InChI=1S/C27H33N3O3S/c1-6-17(3)21(23(31)28-15-18-13-11-16(2)12-14-18)29-24(32)22-27(4,5)34-26-20-10-8-7-9-19(20)25(33)30(22)26/h7-14,17,21-22,26H,6,15H2,1-5H3,(H,28,31)(H,29,32)/t17-,21+,22+,26+/m1/s1. The highest BCUT2D eigenvalue weighted by Crippen LogP contribution is 2.56. The van der Waals surface area contributed by atoms with Crippen LogP contribution in [0.15, 0.2) is 48.5 Å². The highest BCUT2D eigenvalue weighted by molar-refractivity contribution is 8.01. The van der Waals surface area contributed by atoms with Gasteiger partial charge in [0.15, 0.2) is 0 Å². The third kappa shape index (κ3) is 4.45. The van der Waals surface area contributed by atoms with E-state index in [0.29, 0.717) is 12.1 Å². The molecule has 1 saturated heterocycles. The SMILES string of the molecule is CC[C@@H](C)[C@H](NC(=O)[C@@H]1N2C(=O)c3ccccc3[C@@H]2SC1(C)C)C(=O)NCc1ccc(C)cc1. The van der Waals surface area contributed by atoms with E-state index in [4.69, 9.17) is 0 Å². The lowest BCUT2D eigenvalue weighted by Gasteiger charge is -2.32. The largest absolute Gasteiger partial charge is 0.350 e. The Balaban J connectivity index is 1.51. The summed E-state index contributed by atoms with van der Waals surface area (Å²) in [7, 11) is 0. The summed E-state index contributed by atoms with van der Waals surface area (Å²) in [5.41, 5.74) is 3.77. The molecule has 4 atom stereocenters. The summed E-state index contributed by atoms with van der Waals surface area (Å²) >= 11 is 1.62. The van der Waals surface area contributed by atoms with Crippen LogP contribution in [0.5, 0.6) is 0 Å². The third-order valence-corrected chi connectivity index (χ3v) is 8.46. The first-order chi connectivity index (χ1) is 16.1. The smallest absolute Gasteiger partial charge is 0.256 e. The third-order valence-electron chi connectivity index (χ3n) is 6.93. The van der Waals surface area contributed by atoms with E-state index in [1.807, 2.05) is 83.1 Å². The molecule has 7 heteroatoms. The number of rotatable bonds is 7. The lowest BCUT2D eigenvalue weighted by molar-refractivity contribution is -0.133. The predicted molar refractivity (Wildman–Crippen MR) is 135 cm³/mol. The van der Waals surface area contributed by atoms with Crippen LogP contribution in [0, 0.1) is 12.8 Å². The highest BCUT2D eigenvalue weighted by atomic mass is 32.2. The van der Waals surface area contributed by atoms with Crippen LogP contribution in [0.25, 0.3) is 0 Å². The van der Waals surface area contributed by atoms with Crippen LogP contribution < -0.4 is 10.6 Å². The summed E-state index contributed by atoms with van der Waals surface area (Å²) in [6, 6.07) is 14.2. The molecule has 2 aliphatic heterocycles. The van der Waals surface area contributed by atoms with Gasteiger partial charge < -0.3 is 15.5 Å². The van der Waals surface area contributed by atoms with Crippen LogP contribution in [0.4, 0.5) is 0 Å². The van der Waals surface area contributed by atoms with Gasteiger partial charge in [-0.2, -0.15) is 0 Å². The van der Waals surface area contributed by atoms with Crippen LogP contribution in [0.1, 0.15) is 66.5 Å². The fourth-order valence-corrected chi connectivity index (χ4v) is 6.33. The lowest BCUT2D eigenvalue weighted by Crippen LogP contribution is -2.58. The zero-order valence-electron chi connectivity index (χ0n) is 20.4. The van der Waals surface area contributed by atoms with Gasteiger partial charge in [0.1, 0.15) is 17.5 Å². The van der Waals surface area contributed by atoms with E-state index in [2.05, 4.69) is 10.6 Å². The van der Waals surface area contributed by atoms with E-state index < -0.39 is 16.8 Å². The second kappa shape index (κ2) is 9.45. The monoisotopic (exact) mass is 479 g/mol. The molecule has 0 aliphatic carbocycles. The van der Waals surface area contributed by atoms with Gasteiger partial charge in [-0.3, -0.25) is 14.4 Å². The van der Waals surface area contributed by atoms with Crippen molar-refractivity contribution < 1.29 is 14.4 Å². The number of benzene rings is 2. The summed E-state index contributed by atoms with van der Waals surface area (Å²) < 4.78 is -0.490. The molecule has 4 rings (SSSR count). The molecule has 0 saturated carbocycles. The van der Waals surface area contributed by atoms with Gasteiger partial charge in [0.05, 0.1) is 0 Å². The topological polar surface area (TPSA) is 78.5 Å². The Kier molecular flexibility index (Phi) is 6.76. The molecule has 2 aromatic rings. The Hall–Kier alpha value is -2.80. The number of fused-ring (bicyclic) bond motifs is 3. The molecule has 0 bridgehead atoms. The number of carbonyl (C=O) groups excluding carboxylic acids is 3. The van der Waals surface area contributed by atoms with Crippen molar-refractivity contribution >= 4 is 29.5 Å². The first-order valence-electron chi connectivity index (χ1n) is 11.9. The van der Waals surface area contributed by atoms with E-state index in [-0.39, 0.29) is 29.0 Å². The average molecular weight is 480 g/mol. The van der Waals surface area contributed by atoms with Gasteiger partial charge in [0.2, 0.25) is 11.8 Å². The first kappa shape index (κ1) is 24.3. The van der Waals surface area contributed by atoms with E-state index in [1.54, 1.807) is 16.7 Å². The van der Waals surface area contributed by atoms with Gasteiger partial charge in [0, 0.05) is 16.9 Å². The van der Waals surface area contributed by atoms with Crippen molar-refractivity contribution in [2.45, 2.75) is 69.8 Å². The minimum Gasteiger partial charge on any atom is -0.350 e. The zero-order chi connectivity index (χ0) is 24.6. The number of hydrogen-bond donors (Lipinski definition) is 2. The number of aryl methyl sites for hydroxylation is 1. The second-order valence-electron chi connectivity index (χ2n) is 9.85. The summed E-state index contributed by atoms with van der Waals surface area (Å²) in [6.45, 7) is 10.4. The van der Waals surface area contributed by atoms with Crippen LogP contribution in [-0.2, 0) is 16.1 Å². The summed E-state index contributed by atoms with van der Waals surface area (Å²) in [5.74, 6) is -0.666. The Morgan fingerprint density at radius 2 is 1.79 bits per heavy atom. The molecule has 180 valence electrons. The summed E-state index contributed by atoms with van der Waals surface area (Å²) in [5, 5.41) is 5.80. The Morgan fingerprint density at radius 3 is 2.47 bits per heavy atom. The quantitative estimate of drug-likeness (QED) is 0.624. The molecule has 34 heavy (non-hydrogen) atoms. The van der Waals surface area contributed by atoms with Crippen molar-refractivity contribution in [3.8, 4) is 0 Å². The van der Waals surface area contributed by atoms with Crippen molar-refractivity contribution in [2.24, 2.45) is 5.92 Å². The van der Waals surface area contributed by atoms with Crippen molar-refractivity contribution in [3.05, 3.63) is 70.8 Å². The molecule has 0 unspecified atom stereocenters. The number of hydrogen-bond acceptors (Lipinski definition) is 4. The number of carbonyl (C=O) groups is 3. The molecule has 3 amide bonds. The van der Waals surface area contributed by atoms with Crippen LogP contribution >= 0.6 is 11.8 Å². The maximum Gasteiger partial charge on any atom is 0.256 e. The fraction of sp³-hybridized carbons (Fsp3) is 0.444. The van der Waals surface area contributed by atoms with Crippen LogP contribution in [0.3, 0.4) is 0 Å². The van der Waals surface area contributed by atoms with Gasteiger partial charge in [-0.1, -0.05) is 68.3 Å². The van der Waals surface area contributed by atoms with Crippen LogP contribution in [-0.4, -0.2) is 39.5 Å². The normalized spacial score (nSPS) is 22.0. The van der Waals surface area contributed by atoms with E-state index in [0.717, 1.165) is 23.1 Å². The molecular formula is C27H33N3O3S. The highest BCUT2D eigenvalue weighted by Gasteiger charge is 2.57. The van der Waals surface area contributed by atoms with Crippen molar-refractivity contribution in [3.63, 3.8) is 0 Å². The zero-order valence-corrected chi connectivity index (χ0v) is 21.2. The van der Waals surface area contributed by atoms with E-state index >= 15 is 0 Å². The molecule has 2 aromatic carbocycles. The van der Waals surface area contributed by atoms with E-state index in [9.17, 15) is 14.4 Å². The number of nitrogens with one attached hydrogen (secondary N) is 2. The maximum atomic E-state index is 13.6. The number of amides is 3. The summed E-state index contributed by atoms with van der Waals surface area (Å²) in [4.78, 5) is 41.7. The van der Waals surface area contributed by atoms with Gasteiger partial charge >= 0.3 is 0 Å². The predicted octanol–water partition coefficient (Wildman–Crippen LogP) is 4.19. The Bertz CT molecular complexity index is 1100. The molecule has 2 heterocycles. The summed E-state index contributed by atoms with van der Waals surface area (Å²) in [6.07, 6.45) is 0.739. The van der Waals surface area contributed by atoms with Gasteiger partial charge in [-0.05, 0) is 43.9 Å². The minimum absolute atomic E-state index is 0.0543. The Labute approximate surface area is 205 Å². The number of thioether (sulfide) groups is 1. The molecule has 0 spiro atoms. The van der Waals surface area contributed by atoms with Crippen molar-refractivity contribution in [1.29, 1.82) is 0 Å². The van der Waals surface area contributed by atoms with E-state index in [1.165, 1.54) is 0 Å². The molecule has 2 aliphatic rings. The molecule has 6 nitrogen and oxygen atoms in total. The van der Waals surface area contributed by atoms with Crippen LogP contribution in [0.2, 0.25) is 0 Å². The maximum absolute atomic E-state index is 13.6. The minimum atomic E-state index is -0.678. The fourth-order valence-electron chi connectivity index (χ4n) is 4.74.